The molecule has 0 unspecified atom stereocenters. The van der Waals surface area contributed by atoms with E-state index in [4.69, 9.17) is 23.7 Å². The van der Waals surface area contributed by atoms with E-state index >= 15 is 0 Å². The smallest absolute Gasteiger partial charge is 0.332 e. The summed E-state index contributed by atoms with van der Waals surface area (Å²) in [4.78, 5) is 0. The Labute approximate surface area is 118 Å². The molecule has 0 aromatic carbocycles. The van der Waals surface area contributed by atoms with Gasteiger partial charge in [-0.05, 0) is 13.8 Å². The third kappa shape index (κ3) is 2.87. The summed E-state index contributed by atoms with van der Waals surface area (Å²) in [5.74, 6) is 3.32. The second kappa shape index (κ2) is 5.18. The fourth-order valence-corrected chi connectivity index (χ4v) is 2.10. The Kier molecular flexibility index (Phi) is 3.76. The first-order valence-electron chi connectivity index (χ1n) is 6.04. The minimum atomic E-state index is 0.308. The van der Waals surface area contributed by atoms with E-state index in [0.29, 0.717) is 23.4 Å². The minimum absolute atomic E-state index is 0.308. The summed E-state index contributed by atoms with van der Waals surface area (Å²) in [5.41, 5.74) is 0. The molecule has 0 saturated carbocycles. The molecular formula is C12H18O5Si2. The Balaban J connectivity index is 2.15. The SMILES string of the molecule is CC1=C([SiH3])OC(OC2=C(C)OC(C)=C([SiH3])O2)=C(C)O1. The number of rotatable bonds is 2. The van der Waals surface area contributed by atoms with Gasteiger partial charge in [-0.25, -0.2) is 0 Å². The second-order valence-electron chi connectivity index (χ2n) is 4.42. The Morgan fingerprint density at radius 1 is 0.632 bits per heavy atom. The highest BCUT2D eigenvalue weighted by molar-refractivity contribution is 6.20. The standard InChI is InChI=1S/C12H18O5Si2/c1-5-9(16-11(18)7(3)13-5)15-10-6(2)14-8(4)12(19)17-10/h1-4,18-19H3. The molecule has 104 valence electrons. The zero-order chi connectivity index (χ0) is 14.2. The van der Waals surface area contributed by atoms with Crippen LogP contribution in [-0.4, -0.2) is 20.5 Å². The Morgan fingerprint density at radius 3 is 1.37 bits per heavy atom. The van der Waals surface area contributed by atoms with Crippen LogP contribution in [0.2, 0.25) is 0 Å². The molecule has 0 aliphatic carbocycles. The Morgan fingerprint density at radius 2 is 1.00 bits per heavy atom. The molecule has 2 aliphatic rings. The van der Waals surface area contributed by atoms with Crippen molar-refractivity contribution in [1.82, 2.24) is 0 Å². The lowest BCUT2D eigenvalue weighted by atomic mass is 10.5. The molecule has 0 saturated heterocycles. The summed E-state index contributed by atoms with van der Waals surface area (Å²) in [7, 11) is 1.49. The van der Waals surface area contributed by atoms with E-state index in [1.165, 1.54) is 0 Å². The summed E-state index contributed by atoms with van der Waals surface area (Å²) in [6, 6.07) is 0. The zero-order valence-electron chi connectivity index (χ0n) is 12.0. The molecule has 0 bridgehead atoms. The summed E-state index contributed by atoms with van der Waals surface area (Å²) in [5, 5.41) is 1.60. The molecular weight excluding hydrogens is 280 g/mol. The quantitative estimate of drug-likeness (QED) is 0.698. The fraction of sp³-hybridized carbons (Fsp3) is 0.333. The second-order valence-corrected chi connectivity index (χ2v) is 6.24. The van der Waals surface area contributed by atoms with E-state index in [2.05, 4.69) is 0 Å². The molecule has 7 heteroatoms. The number of ether oxygens (including phenoxy) is 5. The molecule has 0 spiro atoms. The topological polar surface area (TPSA) is 46.2 Å². The molecule has 2 heterocycles. The molecule has 0 aromatic rings. The van der Waals surface area contributed by atoms with Crippen LogP contribution in [0, 0.1) is 0 Å². The van der Waals surface area contributed by atoms with Gasteiger partial charge in [-0.3, -0.25) is 0 Å². The van der Waals surface area contributed by atoms with Crippen molar-refractivity contribution in [2.24, 2.45) is 0 Å². The van der Waals surface area contributed by atoms with Crippen LogP contribution in [0.15, 0.2) is 45.7 Å². The lowest BCUT2D eigenvalue weighted by Crippen LogP contribution is -2.15. The normalized spacial score (nSPS) is 20.2. The minimum Gasteiger partial charge on any atom is -0.456 e. The molecule has 2 rings (SSSR count). The van der Waals surface area contributed by atoms with Gasteiger partial charge in [-0.1, -0.05) is 0 Å². The monoisotopic (exact) mass is 298 g/mol. The van der Waals surface area contributed by atoms with Gasteiger partial charge in [0.1, 0.15) is 22.3 Å². The lowest BCUT2D eigenvalue weighted by molar-refractivity contribution is -0.00470. The molecule has 0 amide bonds. The van der Waals surface area contributed by atoms with Gasteiger partial charge in [0, 0.05) is 13.8 Å². The average Bonchev–Trinajstić information content (AvgIpc) is 2.32. The maximum Gasteiger partial charge on any atom is 0.332 e. The molecule has 5 nitrogen and oxygen atoms in total. The van der Waals surface area contributed by atoms with Crippen molar-refractivity contribution >= 4 is 20.5 Å². The first kappa shape index (κ1) is 13.8. The van der Waals surface area contributed by atoms with Crippen molar-refractivity contribution in [3.63, 3.8) is 0 Å². The maximum atomic E-state index is 5.64. The molecule has 0 fully saturated rings. The number of allylic oxidation sites excluding steroid dienone is 4. The van der Waals surface area contributed by atoms with Crippen molar-refractivity contribution in [3.8, 4) is 0 Å². The first-order valence-corrected chi connectivity index (χ1v) is 8.04. The summed E-state index contributed by atoms with van der Waals surface area (Å²) in [6.45, 7) is 7.31. The van der Waals surface area contributed by atoms with Crippen molar-refractivity contribution < 1.29 is 23.7 Å². The third-order valence-electron chi connectivity index (χ3n) is 2.86. The van der Waals surface area contributed by atoms with Gasteiger partial charge in [0.2, 0.25) is 0 Å². The van der Waals surface area contributed by atoms with E-state index in [9.17, 15) is 0 Å². The Bertz CT molecular complexity index is 494. The van der Waals surface area contributed by atoms with E-state index in [1.807, 2.05) is 13.8 Å². The van der Waals surface area contributed by atoms with Gasteiger partial charge in [0.05, 0.1) is 20.5 Å². The Hall–Kier alpha value is -1.61. The molecule has 2 aliphatic heterocycles. The number of hydrogen-bond acceptors (Lipinski definition) is 5. The highest BCUT2D eigenvalue weighted by atomic mass is 28.1. The molecule has 0 radical (unpaired) electrons. The predicted molar refractivity (Wildman–Crippen MR) is 76.1 cm³/mol. The van der Waals surface area contributed by atoms with Crippen LogP contribution in [0.5, 0.6) is 0 Å². The van der Waals surface area contributed by atoms with Crippen molar-refractivity contribution in [2.75, 3.05) is 0 Å². The highest BCUT2D eigenvalue weighted by Crippen LogP contribution is 2.30. The van der Waals surface area contributed by atoms with Gasteiger partial charge in [0.25, 0.3) is 0 Å². The zero-order valence-corrected chi connectivity index (χ0v) is 16.0. The van der Waals surface area contributed by atoms with Crippen LogP contribution in [0.25, 0.3) is 0 Å². The van der Waals surface area contributed by atoms with Crippen molar-refractivity contribution in [1.29, 1.82) is 0 Å². The molecule has 0 aromatic heterocycles. The van der Waals surface area contributed by atoms with Crippen molar-refractivity contribution in [3.05, 3.63) is 45.7 Å². The van der Waals surface area contributed by atoms with E-state index in [1.54, 1.807) is 13.8 Å². The highest BCUT2D eigenvalue weighted by Gasteiger charge is 2.24. The molecule has 0 N–H and O–H groups in total. The lowest BCUT2D eigenvalue weighted by Gasteiger charge is -2.25. The van der Waals surface area contributed by atoms with E-state index in [0.717, 1.165) is 42.8 Å². The molecule has 0 atom stereocenters. The van der Waals surface area contributed by atoms with Gasteiger partial charge < -0.3 is 23.7 Å². The largest absolute Gasteiger partial charge is 0.456 e. The summed E-state index contributed by atoms with van der Waals surface area (Å²) >= 11 is 0. The maximum absolute atomic E-state index is 5.64. The van der Waals surface area contributed by atoms with Crippen LogP contribution in [0.1, 0.15) is 27.7 Å². The summed E-state index contributed by atoms with van der Waals surface area (Å²) < 4.78 is 28.0. The average molecular weight is 298 g/mol. The third-order valence-corrected chi connectivity index (χ3v) is 4.67. The van der Waals surface area contributed by atoms with Crippen LogP contribution in [-0.2, 0) is 23.7 Å². The van der Waals surface area contributed by atoms with Gasteiger partial charge in [-0.15, -0.1) is 0 Å². The van der Waals surface area contributed by atoms with Crippen molar-refractivity contribution in [2.45, 2.75) is 27.7 Å². The predicted octanol–water partition coefficient (Wildman–Crippen LogP) is 0.583. The van der Waals surface area contributed by atoms with Gasteiger partial charge in [0.15, 0.2) is 11.5 Å². The van der Waals surface area contributed by atoms with Crippen LogP contribution >= 0.6 is 0 Å². The van der Waals surface area contributed by atoms with Crippen LogP contribution in [0.3, 0.4) is 0 Å². The first-order chi connectivity index (χ1) is 8.88. The van der Waals surface area contributed by atoms with E-state index in [-0.39, 0.29) is 0 Å². The van der Waals surface area contributed by atoms with Crippen LogP contribution < -0.4 is 0 Å². The van der Waals surface area contributed by atoms with Gasteiger partial charge >= 0.3 is 11.9 Å². The van der Waals surface area contributed by atoms with E-state index < -0.39 is 0 Å². The number of hydrogen-bond donors (Lipinski definition) is 0. The van der Waals surface area contributed by atoms with Crippen LogP contribution in [0.4, 0.5) is 0 Å². The van der Waals surface area contributed by atoms with Gasteiger partial charge in [-0.2, -0.15) is 0 Å². The fourth-order valence-electron chi connectivity index (χ4n) is 1.52. The summed E-state index contributed by atoms with van der Waals surface area (Å²) in [6.07, 6.45) is 0. The molecule has 19 heavy (non-hydrogen) atoms.